The molecule has 4 rings (SSSR count). The molecule has 0 unspecified atom stereocenters. The maximum Gasteiger partial charge on any atom is 0.166 e. The smallest absolute Gasteiger partial charge is 0.166 e. The highest BCUT2D eigenvalue weighted by Gasteiger charge is 2.14. The monoisotopic (exact) mass is 379 g/mol. The predicted octanol–water partition coefficient (Wildman–Crippen LogP) is 4.56. The molecular formula is C22H25N3OS. The molecule has 1 aliphatic heterocycles. The number of nitrogens with zero attached hydrogens (tertiary/aromatic N) is 2. The number of hydrogen-bond donors (Lipinski definition) is 1. The van der Waals surface area contributed by atoms with Gasteiger partial charge in [-0.25, -0.2) is 4.98 Å². The lowest BCUT2D eigenvalue weighted by Gasteiger charge is -2.26. The van der Waals surface area contributed by atoms with Crippen molar-refractivity contribution in [1.29, 1.82) is 0 Å². The Kier molecular flexibility index (Phi) is 6.25. The molecule has 4 nitrogen and oxygen atoms in total. The molecule has 2 aromatic carbocycles. The summed E-state index contributed by atoms with van der Waals surface area (Å²) in [5.41, 5.74) is 4.44. The van der Waals surface area contributed by atoms with Gasteiger partial charge in [0, 0.05) is 30.0 Å². The number of aromatic amines is 1. The number of rotatable bonds is 7. The van der Waals surface area contributed by atoms with Gasteiger partial charge < -0.3 is 9.72 Å². The van der Waals surface area contributed by atoms with Gasteiger partial charge in [0.25, 0.3) is 0 Å². The lowest BCUT2D eigenvalue weighted by Crippen LogP contribution is -2.36. The Morgan fingerprint density at radius 2 is 1.59 bits per heavy atom. The molecule has 0 amide bonds. The average molecular weight is 380 g/mol. The van der Waals surface area contributed by atoms with Crippen LogP contribution in [-0.2, 0) is 4.74 Å². The van der Waals surface area contributed by atoms with Crippen LogP contribution in [-0.4, -0.2) is 53.5 Å². The molecule has 0 spiro atoms. The molecule has 2 heterocycles. The van der Waals surface area contributed by atoms with E-state index in [0.717, 1.165) is 67.1 Å². The second kappa shape index (κ2) is 9.22. The second-order valence-electron chi connectivity index (χ2n) is 6.65. The fourth-order valence-electron chi connectivity index (χ4n) is 3.32. The van der Waals surface area contributed by atoms with Crippen molar-refractivity contribution in [2.45, 2.75) is 11.6 Å². The molecule has 0 radical (unpaired) electrons. The number of imidazole rings is 1. The summed E-state index contributed by atoms with van der Waals surface area (Å²) < 4.78 is 5.41. The van der Waals surface area contributed by atoms with Crippen LogP contribution in [0.2, 0.25) is 0 Å². The maximum absolute atomic E-state index is 5.41. The van der Waals surface area contributed by atoms with E-state index in [1.807, 2.05) is 23.9 Å². The van der Waals surface area contributed by atoms with Crippen molar-refractivity contribution >= 4 is 11.8 Å². The van der Waals surface area contributed by atoms with Gasteiger partial charge in [0.15, 0.2) is 5.16 Å². The summed E-state index contributed by atoms with van der Waals surface area (Å²) in [6.07, 6.45) is 1.16. The molecular weight excluding hydrogens is 354 g/mol. The minimum absolute atomic E-state index is 0.867. The molecule has 1 N–H and O–H groups in total. The first-order chi connectivity index (χ1) is 13.4. The van der Waals surface area contributed by atoms with Gasteiger partial charge in [-0.05, 0) is 13.0 Å². The summed E-state index contributed by atoms with van der Waals surface area (Å²) in [6, 6.07) is 20.9. The second-order valence-corrected chi connectivity index (χ2v) is 7.74. The number of morpholine rings is 1. The zero-order valence-corrected chi connectivity index (χ0v) is 16.3. The number of thioether (sulfide) groups is 1. The molecule has 1 aromatic heterocycles. The minimum Gasteiger partial charge on any atom is -0.379 e. The van der Waals surface area contributed by atoms with E-state index in [1.54, 1.807) is 0 Å². The van der Waals surface area contributed by atoms with Crippen molar-refractivity contribution in [3.8, 4) is 22.5 Å². The quantitative estimate of drug-likeness (QED) is 0.483. The zero-order chi connectivity index (χ0) is 18.3. The van der Waals surface area contributed by atoms with E-state index in [1.165, 1.54) is 5.56 Å². The summed E-state index contributed by atoms with van der Waals surface area (Å²) in [5, 5.41) is 0.995. The van der Waals surface area contributed by atoms with Crippen LogP contribution in [0.5, 0.6) is 0 Å². The van der Waals surface area contributed by atoms with E-state index in [9.17, 15) is 0 Å². The van der Waals surface area contributed by atoms with Crippen molar-refractivity contribution in [1.82, 2.24) is 14.9 Å². The van der Waals surface area contributed by atoms with Crippen molar-refractivity contribution in [3.63, 3.8) is 0 Å². The molecule has 1 aliphatic rings. The van der Waals surface area contributed by atoms with E-state index in [2.05, 4.69) is 58.4 Å². The third-order valence-electron chi connectivity index (χ3n) is 4.75. The third kappa shape index (κ3) is 4.80. The molecule has 27 heavy (non-hydrogen) atoms. The Balaban J connectivity index is 1.46. The van der Waals surface area contributed by atoms with E-state index in [0.29, 0.717) is 0 Å². The zero-order valence-electron chi connectivity index (χ0n) is 15.4. The third-order valence-corrected chi connectivity index (χ3v) is 5.71. The van der Waals surface area contributed by atoms with Crippen LogP contribution >= 0.6 is 11.8 Å². The molecule has 0 bridgehead atoms. The van der Waals surface area contributed by atoms with Crippen molar-refractivity contribution < 1.29 is 4.74 Å². The molecule has 5 heteroatoms. The highest BCUT2D eigenvalue weighted by molar-refractivity contribution is 7.99. The predicted molar refractivity (Wildman–Crippen MR) is 112 cm³/mol. The largest absolute Gasteiger partial charge is 0.379 e. The van der Waals surface area contributed by atoms with Gasteiger partial charge >= 0.3 is 0 Å². The molecule has 0 aliphatic carbocycles. The van der Waals surface area contributed by atoms with Crippen LogP contribution in [0.4, 0.5) is 0 Å². The standard InChI is InChI=1S/C22H25N3OS/c1-3-8-18(9-4-1)20-21(19-10-5-2-6-11-19)24-22(23-20)27-17-7-12-25-13-15-26-16-14-25/h1-6,8-11H,7,12-17H2,(H,23,24). The van der Waals surface area contributed by atoms with E-state index < -0.39 is 0 Å². The van der Waals surface area contributed by atoms with Gasteiger partial charge in [-0.2, -0.15) is 0 Å². The fourth-order valence-corrected chi connectivity index (χ4v) is 4.12. The fraction of sp³-hybridized carbons (Fsp3) is 0.318. The van der Waals surface area contributed by atoms with Gasteiger partial charge in [-0.3, -0.25) is 4.90 Å². The van der Waals surface area contributed by atoms with Crippen LogP contribution in [0.25, 0.3) is 22.5 Å². The summed E-state index contributed by atoms with van der Waals surface area (Å²) >= 11 is 1.81. The van der Waals surface area contributed by atoms with Gasteiger partial charge in [-0.1, -0.05) is 72.4 Å². The van der Waals surface area contributed by atoms with Gasteiger partial charge in [0.05, 0.1) is 24.6 Å². The topological polar surface area (TPSA) is 41.2 Å². The van der Waals surface area contributed by atoms with E-state index in [-0.39, 0.29) is 0 Å². The first-order valence-corrected chi connectivity index (χ1v) is 10.5. The Labute approximate surface area is 165 Å². The number of nitrogens with one attached hydrogen (secondary N) is 1. The first kappa shape index (κ1) is 18.3. The highest BCUT2D eigenvalue weighted by Crippen LogP contribution is 2.32. The van der Waals surface area contributed by atoms with E-state index >= 15 is 0 Å². The lowest BCUT2D eigenvalue weighted by molar-refractivity contribution is 0.0381. The van der Waals surface area contributed by atoms with Gasteiger partial charge in [-0.15, -0.1) is 0 Å². The van der Waals surface area contributed by atoms with Crippen LogP contribution in [0.1, 0.15) is 6.42 Å². The van der Waals surface area contributed by atoms with Gasteiger partial charge in [0.2, 0.25) is 0 Å². The Hall–Kier alpha value is -2.08. The van der Waals surface area contributed by atoms with Crippen LogP contribution in [0.3, 0.4) is 0 Å². The van der Waals surface area contributed by atoms with Crippen molar-refractivity contribution in [2.75, 3.05) is 38.6 Å². The molecule has 3 aromatic rings. The normalized spacial score (nSPS) is 15.1. The molecule has 0 saturated carbocycles. The number of H-pyrrole nitrogens is 1. The molecule has 140 valence electrons. The average Bonchev–Trinajstić information content (AvgIpc) is 3.18. The SMILES string of the molecule is c1ccc(-c2nc(SCCCN3CCOCC3)[nH]c2-c2ccccc2)cc1. The maximum atomic E-state index is 5.41. The van der Waals surface area contributed by atoms with Crippen LogP contribution in [0, 0.1) is 0 Å². The summed E-state index contributed by atoms with van der Waals surface area (Å²) in [5.74, 6) is 1.06. The summed E-state index contributed by atoms with van der Waals surface area (Å²) in [6.45, 7) is 4.98. The van der Waals surface area contributed by atoms with Crippen molar-refractivity contribution in [2.24, 2.45) is 0 Å². The van der Waals surface area contributed by atoms with Gasteiger partial charge in [0.1, 0.15) is 0 Å². The molecule has 1 fully saturated rings. The number of ether oxygens (including phenoxy) is 1. The summed E-state index contributed by atoms with van der Waals surface area (Å²) in [7, 11) is 0. The van der Waals surface area contributed by atoms with E-state index in [4.69, 9.17) is 9.72 Å². The Morgan fingerprint density at radius 1 is 0.926 bits per heavy atom. The van der Waals surface area contributed by atoms with Crippen LogP contribution < -0.4 is 0 Å². The molecule has 0 atom stereocenters. The first-order valence-electron chi connectivity index (χ1n) is 9.54. The number of hydrogen-bond acceptors (Lipinski definition) is 4. The number of aromatic nitrogens is 2. The lowest BCUT2D eigenvalue weighted by atomic mass is 10.1. The molecule has 1 saturated heterocycles. The highest BCUT2D eigenvalue weighted by atomic mass is 32.2. The minimum atomic E-state index is 0.867. The Bertz CT molecular complexity index is 772. The Morgan fingerprint density at radius 3 is 2.30 bits per heavy atom. The van der Waals surface area contributed by atoms with Crippen molar-refractivity contribution in [3.05, 3.63) is 60.7 Å². The van der Waals surface area contributed by atoms with Crippen LogP contribution in [0.15, 0.2) is 65.8 Å². The number of benzene rings is 2. The summed E-state index contributed by atoms with van der Waals surface area (Å²) in [4.78, 5) is 11.0.